The van der Waals surface area contributed by atoms with E-state index in [4.69, 9.17) is 10.5 Å². The van der Waals surface area contributed by atoms with Crippen LogP contribution in [0.3, 0.4) is 0 Å². The van der Waals surface area contributed by atoms with Gasteiger partial charge in [0.15, 0.2) is 0 Å². The smallest absolute Gasteiger partial charge is 0.343 e. The first kappa shape index (κ1) is 20.9. The molecule has 0 aliphatic carbocycles. The Balaban J connectivity index is 1.83. The maximum absolute atomic E-state index is 13.5. The monoisotopic (exact) mass is 447 g/mol. The number of hydrogen-bond acceptors (Lipinski definition) is 6. The number of aromatic nitrogens is 3. The molecule has 0 fully saturated rings. The lowest BCUT2D eigenvalue weighted by Crippen LogP contribution is -2.52. The zero-order valence-electron chi connectivity index (χ0n) is 17.2. The molecular weight excluding hydrogens is 425 g/mol. The maximum atomic E-state index is 13.5. The van der Waals surface area contributed by atoms with Gasteiger partial charge in [-0.2, -0.15) is 5.10 Å². The van der Waals surface area contributed by atoms with Gasteiger partial charge in [-0.25, -0.2) is 22.7 Å². The summed E-state index contributed by atoms with van der Waals surface area (Å²) in [4.78, 5) is 11.8. The molecule has 1 aromatic heterocycles. The van der Waals surface area contributed by atoms with Gasteiger partial charge in [-0.15, -0.1) is 0 Å². The quantitative estimate of drug-likeness (QED) is 0.588. The van der Waals surface area contributed by atoms with E-state index in [9.17, 15) is 17.6 Å². The predicted molar refractivity (Wildman–Crippen MR) is 113 cm³/mol. The summed E-state index contributed by atoms with van der Waals surface area (Å²) < 4.78 is 49.1. The van der Waals surface area contributed by atoms with E-state index in [0.29, 0.717) is 17.3 Å². The second-order valence-corrected chi connectivity index (χ2v) is 9.82. The molecule has 0 radical (unpaired) electrons. The largest absolute Gasteiger partial charge is 0.485 e. The molecule has 11 heteroatoms. The number of H-pyrrole nitrogens is 1. The molecule has 1 aliphatic rings. The van der Waals surface area contributed by atoms with Crippen molar-refractivity contribution >= 4 is 21.4 Å². The first-order valence-corrected chi connectivity index (χ1v) is 10.9. The van der Waals surface area contributed by atoms with Gasteiger partial charge in [-0.05, 0) is 56.3 Å². The van der Waals surface area contributed by atoms with Gasteiger partial charge < -0.3 is 10.5 Å². The van der Waals surface area contributed by atoms with Crippen LogP contribution in [0, 0.1) is 5.82 Å². The number of hydrogen-bond donors (Lipinski definition) is 2. The van der Waals surface area contributed by atoms with Crippen LogP contribution in [0.2, 0.25) is 0 Å². The predicted octanol–water partition coefficient (Wildman–Crippen LogP) is 1.76. The number of nitrogens with one attached hydrogen (secondary N) is 1. The summed E-state index contributed by atoms with van der Waals surface area (Å²) in [5.41, 5.74) is 5.33. The molecule has 31 heavy (non-hydrogen) atoms. The summed E-state index contributed by atoms with van der Waals surface area (Å²) in [7, 11) is -2.48. The van der Waals surface area contributed by atoms with Crippen LogP contribution >= 0.6 is 0 Å². The number of aromatic amines is 1. The van der Waals surface area contributed by atoms with Crippen LogP contribution in [0.15, 0.2) is 52.2 Å². The number of halogens is 1. The van der Waals surface area contributed by atoms with Crippen molar-refractivity contribution in [1.82, 2.24) is 14.8 Å². The Morgan fingerprint density at radius 2 is 1.90 bits per heavy atom. The lowest BCUT2D eigenvalue weighted by atomic mass is 9.84. The fraction of sp³-hybridized carbons (Fsp3) is 0.300. The molecule has 1 unspecified atom stereocenters. The summed E-state index contributed by atoms with van der Waals surface area (Å²) >= 11 is 0. The van der Waals surface area contributed by atoms with Crippen molar-refractivity contribution in [2.45, 2.75) is 30.3 Å². The number of ether oxygens (including phenoxy) is 1. The minimum absolute atomic E-state index is 0.0621. The van der Waals surface area contributed by atoms with E-state index >= 15 is 0 Å². The number of sulfonamides is 1. The highest BCUT2D eigenvalue weighted by atomic mass is 32.2. The second kappa shape index (κ2) is 7.12. The molecule has 3 N–H and O–H groups in total. The Kier molecular flexibility index (Phi) is 4.80. The number of fused-ring (bicyclic) bond motifs is 1. The Labute approximate surface area is 178 Å². The zero-order chi connectivity index (χ0) is 22.6. The van der Waals surface area contributed by atoms with Gasteiger partial charge in [0.2, 0.25) is 0 Å². The molecule has 0 saturated heterocycles. The number of nitrogens with two attached hydrogens (primary N) is 1. The SMILES string of the molecule is Cn1c(C(C)(C)C2CN(S(=O)(=O)c3ccc(F)cc3)c3cc(N)ccc3O2)n[nH]c1=O. The van der Waals surface area contributed by atoms with Crippen LogP contribution in [0.5, 0.6) is 5.75 Å². The van der Waals surface area contributed by atoms with Gasteiger partial charge in [-0.3, -0.25) is 8.87 Å². The molecule has 2 aromatic carbocycles. The van der Waals surface area contributed by atoms with E-state index < -0.39 is 27.4 Å². The van der Waals surface area contributed by atoms with Gasteiger partial charge in [-0.1, -0.05) is 0 Å². The molecular formula is C20H22FN5O4S. The maximum Gasteiger partial charge on any atom is 0.343 e. The molecule has 9 nitrogen and oxygen atoms in total. The normalized spacial score (nSPS) is 16.6. The van der Waals surface area contributed by atoms with Gasteiger partial charge in [0.05, 0.1) is 22.5 Å². The van der Waals surface area contributed by atoms with E-state index in [1.165, 1.54) is 27.1 Å². The number of nitrogen functional groups attached to an aromatic ring is 1. The Morgan fingerprint density at radius 3 is 2.52 bits per heavy atom. The summed E-state index contributed by atoms with van der Waals surface area (Å²) in [6.07, 6.45) is -0.687. The van der Waals surface area contributed by atoms with Crippen molar-refractivity contribution in [3.8, 4) is 5.75 Å². The number of benzene rings is 2. The minimum atomic E-state index is -4.05. The summed E-state index contributed by atoms with van der Waals surface area (Å²) in [6, 6.07) is 9.34. The molecule has 0 amide bonds. The second-order valence-electron chi connectivity index (χ2n) is 7.96. The standard InChI is InChI=1S/C20H22FN5O4S/c1-20(2,18-23-24-19(27)25(18)3)17-11-26(15-10-13(22)6-9-16(15)30-17)31(28,29)14-7-4-12(21)5-8-14/h4-10,17H,11,22H2,1-3H3,(H,24,27). The van der Waals surface area contributed by atoms with E-state index in [2.05, 4.69) is 10.2 Å². The van der Waals surface area contributed by atoms with Crippen molar-refractivity contribution < 1.29 is 17.5 Å². The Morgan fingerprint density at radius 1 is 1.23 bits per heavy atom. The fourth-order valence-corrected chi connectivity index (χ4v) is 5.14. The van der Waals surface area contributed by atoms with E-state index in [1.54, 1.807) is 19.2 Å². The van der Waals surface area contributed by atoms with E-state index in [1.807, 2.05) is 13.8 Å². The van der Waals surface area contributed by atoms with Crippen LogP contribution in [0.25, 0.3) is 0 Å². The highest BCUT2D eigenvalue weighted by Gasteiger charge is 2.44. The van der Waals surface area contributed by atoms with Crippen LogP contribution in [0.4, 0.5) is 15.8 Å². The zero-order valence-corrected chi connectivity index (χ0v) is 18.0. The Bertz CT molecular complexity index is 1300. The van der Waals surface area contributed by atoms with Crippen molar-refractivity contribution in [2.24, 2.45) is 7.05 Å². The summed E-state index contributed by atoms with van der Waals surface area (Å²) in [5.74, 6) is 0.203. The number of rotatable bonds is 4. The highest BCUT2D eigenvalue weighted by molar-refractivity contribution is 7.92. The first-order valence-electron chi connectivity index (χ1n) is 9.48. The average Bonchev–Trinajstić information content (AvgIpc) is 3.06. The molecule has 1 aliphatic heterocycles. The van der Waals surface area contributed by atoms with Crippen molar-refractivity contribution in [1.29, 1.82) is 0 Å². The van der Waals surface area contributed by atoms with Gasteiger partial charge >= 0.3 is 5.69 Å². The molecule has 4 rings (SSSR count). The Hall–Kier alpha value is -3.34. The molecule has 164 valence electrons. The first-order chi connectivity index (χ1) is 14.5. The molecule has 0 saturated carbocycles. The number of anilines is 2. The molecule has 3 aromatic rings. The van der Waals surface area contributed by atoms with E-state index in [0.717, 1.165) is 12.1 Å². The fourth-order valence-electron chi connectivity index (χ4n) is 3.67. The molecule has 0 bridgehead atoms. The van der Waals surface area contributed by atoms with Gasteiger partial charge in [0.1, 0.15) is 23.5 Å². The van der Waals surface area contributed by atoms with Crippen LogP contribution in [0.1, 0.15) is 19.7 Å². The molecule has 0 spiro atoms. The summed E-state index contributed by atoms with van der Waals surface area (Å²) in [5, 5.41) is 6.50. The summed E-state index contributed by atoms with van der Waals surface area (Å²) in [6.45, 7) is 3.57. The van der Waals surface area contributed by atoms with Gasteiger partial charge in [0.25, 0.3) is 10.0 Å². The number of nitrogens with zero attached hydrogens (tertiary/aromatic N) is 3. The lowest BCUT2D eigenvalue weighted by molar-refractivity contribution is 0.118. The highest BCUT2D eigenvalue weighted by Crippen LogP contribution is 2.42. The molecule has 2 heterocycles. The third kappa shape index (κ3) is 3.44. The minimum Gasteiger partial charge on any atom is -0.485 e. The molecule has 1 atom stereocenters. The van der Waals surface area contributed by atoms with Crippen LogP contribution < -0.4 is 20.5 Å². The third-order valence-corrected chi connectivity index (χ3v) is 7.31. The van der Waals surface area contributed by atoms with Gasteiger partial charge in [0, 0.05) is 12.7 Å². The van der Waals surface area contributed by atoms with E-state index in [-0.39, 0.29) is 22.8 Å². The van der Waals surface area contributed by atoms with Crippen LogP contribution in [-0.2, 0) is 22.5 Å². The third-order valence-electron chi connectivity index (χ3n) is 5.52. The van der Waals surface area contributed by atoms with Crippen molar-refractivity contribution in [3.05, 3.63) is 64.6 Å². The topological polar surface area (TPSA) is 123 Å². The van der Waals surface area contributed by atoms with Crippen molar-refractivity contribution in [2.75, 3.05) is 16.6 Å². The van der Waals surface area contributed by atoms with Crippen molar-refractivity contribution in [3.63, 3.8) is 0 Å². The lowest BCUT2D eigenvalue weighted by Gasteiger charge is -2.41. The average molecular weight is 447 g/mol. The van der Waals surface area contributed by atoms with Crippen LogP contribution in [-0.4, -0.2) is 35.8 Å².